The highest BCUT2D eigenvalue weighted by Gasteiger charge is 2.32. The predicted molar refractivity (Wildman–Crippen MR) is 131 cm³/mol. The fraction of sp³-hybridized carbons (Fsp3) is 0.167. The third kappa shape index (κ3) is 6.03. The molecule has 13 heteroatoms. The minimum absolute atomic E-state index is 0.169. The Kier molecular flexibility index (Phi) is 7.13. The standard InChI is InChI=1S/C24H20F4N5O3P/c1-12-16(23(35)29-10-14-4-3-5-18(22(14)25)36-24(26,27)28)8-15(9-19(12)37)17-6-7-21-31-20(30-13(2)34)11-33(21)32-17/h3-9,11H,10,37H2,1-2H3,(H,29,35)(H,30,34). The second-order valence-corrected chi connectivity index (χ2v) is 8.65. The van der Waals surface area contributed by atoms with E-state index in [1.54, 1.807) is 31.3 Å². The monoisotopic (exact) mass is 533 g/mol. The molecule has 4 aromatic rings. The number of rotatable bonds is 6. The summed E-state index contributed by atoms with van der Waals surface area (Å²) in [6.07, 6.45) is -3.50. The van der Waals surface area contributed by atoms with Gasteiger partial charge in [0.15, 0.2) is 23.0 Å². The third-order valence-electron chi connectivity index (χ3n) is 5.32. The van der Waals surface area contributed by atoms with E-state index in [1.807, 2.05) is 6.07 Å². The first-order valence-corrected chi connectivity index (χ1v) is 11.3. The maximum Gasteiger partial charge on any atom is 0.573 e. The van der Waals surface area contributed by atoms with Crippen LogP contribution < -0.4 is 20.7 Å². The number of nitrogens with zero attached hydrogens (tertiary/aromatic N) is 3. The van der Waals surface area contributed by atoms with E-state index in [0.29, 0.717) is 33.6 Å². The summed E-state index contributed by atoms with van der Waals surface area (Å²) in [6.45, 7) is 2.73. The Bertz CT molecular complexity index is 1520. The maximum atomic E-state index is 14.5. The van der Waals surface area contributed by atoms with Crippen molar-refractivity contribution in [2.45, 2.75) is 26.8 Å². The van der Waals surface area contributed by atoms with Crippen LogP contribution in [0.2, 0.25) is 0 Å². The fourth-order valence-corrected chi connectivity index (χ4v) is 3.90. The number of amides is 2. The quantitative estimate of drug-likeness (QED) is 0.287. The minimum atomic E-state index is -5.05. The van der Waals surface area contributed by atoms with Crippen LogP contribution in [0.3, 0.4) is 0 Å². The van der Waals surface area contributed by atoms with Crippen molar-refractivity contribution in [2.24, 2.45) is 0 Å². The number of aromatic nitrogens is 3. The summed E-state index contributed by atoms with van der Waals surface area (Å²) >= 11 is 0. The molecule has 2 aromatic carbocycles. The smallest absolute Gasteiger partial charge is 0.403 e. The van der Waals surface area contributed by atoms with E-state index in [4.69, 9.17) is 0 Å². The molecule has 2 amide bonds. The normalized spacial score (nSPS) is 11.4. The number of halogens is 4. The molecule has 0 bridgehead atoms. The zero-order valence-corrected chi connectivity index (χ0v) is 20.6. The molecule has 0 aliphatic carbocycles. The second-order valence-electron chi connectivity index (χ2n) is 8.03. The molecule has 0 aliphatic heterocycles. The summed E-state index contributed by atoms with van der Waals surface area (Å²) in [5.74, 6) is -2.68. The molecule has 1 atom stereocenters. The molecular weight excluding hydrogens is 513 g/mol. The van der Waals surface area contributed by atoms with Gasteiger partial charge in [0.05, 0.1) is 11.9 Å². The summed E-state index contributed by atoms with van der Waals surface area (Å²) in [7, 11) is 2.53. The van der Waals surface area contributed by atoms with E-state index in [2.05, 4.69) is 34.7 Å². The SMILES string of the molecule is CC(=O)Nc1cn2nc(-c3cc(P)c(C)c(C(=O)NCc4cccc(OC(F)(F)F)c4F)c3)ccc2n1. The number of benzene rings is 2. The number of carbonyl (C=O) groups is 2. The molecule has 2 aromatic heterocycles. The van der Waals surface area contributed by atoms with Crippen LogP contribution in [0.25, 0.3) is 16.9 Å². The van der Waals surface area contributed by atoms with Gasteiger partial charge in [0.2, 0.25) is 5.91 Å². The molecule has 0 aliphatic rings. The van der Waals surface area contributed by atoms with Gasteiger partial charge in [0.25, 0.3) is 5.91 Å². The van der Waals surface area contributed by atoms with E-state index in [-0.39, 0.29) is 23.6 Å². The van der Waals surface area contributed by atoms with E-state index < -0.39 is 23.8 Å². The highest BCUT2D eigenvalue weighted by Crippen LogP contribution is 2.27. The maximum absolute atomic E-state index is 14.5. The first kappa shape index (κ1) is 26.0. The zero-order valence-electron chi connectivity index (χ0n) is 19.5. The molecule has 0 radical (unpaired) electrons. The van der Waals surface area contributed by atoms with Gasteiger partial charge in [-0.2, -0.15) is 5.10 Å². The number of nitrogens with one attached hydrogen (secondary N) is 2. The Morgan fingerprint density at radius 3 is 2.62 bits per heavy atom. The lowest BCUT2D eigenvalue weighted by Gasteiger charge is -2.14. The number of hydrogen-bond donors (Lipinski definition) is 2. The lowest BCUT2D eigenvalue weighted by Crippen LogP contribution is -2.26. The van der Waals surface area contributed by atoms with Crippen molar-refractivity contribution in [3.63, 3.8) is 0 Å². The van der Waals surface area contributed by atoms with Crippen LogP contribution in [0.1, 0.15) is 28.4 Å². The van der Waals surface area contributed by atoms with Gasteiger partial charge in [-0.05, 0) is 48.1 Å². The number of alkyl halides is 3. The van der Waals surface area contributed by atoms with Gasteiger partial charge in [-0.25, -0.2) is 13.9 Å². The Morgan fingerprint density at radius 2 is 1.92 bits per heavy atom. The lowest BCUT2D eigenvalue weighted by atomic mass is 10.0. The molecule has 1 unspecified atom stereocenters. The number of hydrogen-bond acceptors (Lipinski definition) is 5. The molecule has 0 spiro atoms. The van der Waals surface area contributed by atoms with Gasteiger partial charge in [0.1, 0.15) is 0 Å². The summed E-state index contributed by atoms with van der Waals surface area (Å²) in [5, 5.41) is 10.3. The van der Waals surface area contributed by atoms with E-state index in [9.17, 15) is 27.2 Å². The van der Waals surface area contributed by atoms with E-state index in [0.717, 1.165) is 6.07 Å². The van der Waals surface area contributed by atoms with Crippen molar-refractivity contribution in [3.05, 3.63) is 71.2 Å². The lowest BCUT2D eigenvalue weighted by molar-refractivity contribution is -0.275. The number of imidazole rings is 1. The fourth-order valence-electron chi connectivity index (χ4n) is 3.56. The van der Waals surface area contributed by atoms with Crippen molar-refractivity contribution in [3.8, 4) is 17.0 Å². The van der Waals surface area contributed by atoms with Crippen molar-refractivity contribution in [2.75, 3.05) is 5.32 Å². The average Bonchev–Trinajstić information content (AvgIpc) is 3.21. The second kappa shape index (κ2) is 10.1. The van der Waals surface area contributed by atoms with Crippen LogP contribution in [0.5, 0.6) is 5.75 Å². The van der Waals surface area contributed by atoms with Crippen LogP contribution in [0.15, 0.2) is 48.7 Å². The van der Waals surface area contributed by atoms with Crippen molar-refractivity contribution in [1.29, 1.82) is 0 Å². The molecule has 37 heavy (non-hydrogen) atoms. The number of ether oxygens (including phenoxy) is 1. The summed E-state index contributed by atoms with van der Waals surface area (Å²) in [4.78, 5) is 28.5. The molecule has 2 N–H and O–H groups in total. The van der Waals surface area contributed by atoms with Crippen LogP contribution in [-0.2, 0) is 11.3 Å². The first-order chi connectivity index (χ1) is 17.4. The topological polar surface area (TPSA) is 97.6 Å². The van der Waals surface area contributed by atoms with Gasteiger partial charge < -0.3 is 15.4 Å². The van der Waals surface area contributed by atoms with E-state index in [1.165, 1.54) is 23.6 Å². The number of carbonyl (C=O) groups excluding carboxylic acids is 2. The van der Waals surface area contributed by atoms with Gasteiger partial charge in [0, 0.05) is 30.2 Å². The van der Waals surface area contributed by atoms with Crippen LogP contribution in [-0.4, -0.2) is 32.8 Å². The molecule has 0 fully saturated rings. The zero-order chi connectivity index (χ0) is 26.9. The predicted octanol–water partition coefficient (Wildman–Crippen LogP) is 4.13. The Labute approximate surface area is 210 Å². The van der Waals surface area contributed by atoms with Crippen molar-refractivity contribution >= 4 is 37.8 Å². The van der Waals surface area contributed by atoms with Crippen LogP contribution in [0, 0.1) is 12.7 Å². The molecule has 0 saturated carbocycles. The highest BCUT2D eigenvalue weighted by atomic mass is 31.0. The van der Waals surface area contributed by atoms with Gasteiger partial charge in [-0.3, -0.25) is 9.59 Å². The van der Waals surface area contributed by atoms with Gasteiger partial charge in [-0.1, -0.05) is 12.1 Å². The largest absolute Gasteiger partial charge is 0.573 e. The molecule has 4 rings (SSSR count). The van der Waals surface area contributed by atoms with Crippen molar-refractivity contribution in [1.82, 2.24) is 19.9 Å². The Balaban J connectivity index is 1.58. The average molecular weight is 533 g/mol. The van der Waals surface area contributed by atoms with Gasteiger partial charge in [-0.15, -0.1) is 22.4 Å². The minimum Gasteiger partial charge on any atom is -0.403 e. The number of anilines is 1. The van der Waals surface area contributed by atoms with Gasteiger partial charge >= 0.3 is 6.36 Å². The van der Waals surface area contributed by atoms with E-state index >= 15 is 0 Å². The molecule has 8 nitrogen and oxygen atoms in total. The molecule has 0 saturated heterocycles. The summed E-state index contributed by atoms with van der Waals surface area (Å²) in [6, 6.07) is 10.1. The Hall–Kier alpha value is -4.05. The highest BCUT2D eigenvalue weighted by molar-refractivity contribution is 7.27. The molecular formula is C24H20F4N5O3P. The number of fused-ring (bicyclic) bond motifs is 1. The first-order valence-electron chi connectivity index (χ1n) is 10.8. The summed E-state index contributed by atoms with van der Waals surface area (Å²) < 4.78 is 57.1. The van der Waals surface area contributed by atoms with Crippen LogP contribution in [0.4, 0.5) is 23.4 Å². The van der Waals surface area contributed by atoms with Crippen molar-refractivity contribution < 1.29 is 31.9 Å². The third-order valence-corrected chi connectivity index (χ3v) is 5.92. The Morgan fingerprint density at radius 1 is 1.16 bits per heavy atom. The van der Waals surface area contributed by atoms with Crippen LogP contribution >= 0.6 is 9.24 Å². The summed E-state index contributed by atoms with van der Waals surface area (Å²) in [5.41, 5.74) is 2.36. The molecule has 192 valence electrons. The molecule has 2 heterocycles.